The zero-order chi connectivity index (χ0) is 29.7. The molecule has 2 fully saturated rings. The van der Waals surface area contributed by atoms with Crippen molar-refractivity contribution in [3.8, 4) is 0 Å². The van der Waals surface area contributed by atoms with Crippen LogP contribution in [0.4, 0.5) is 14.5 Å². The highest BCUT2D eigenvalue weighted by atomic mass is 35.5. The molecule has 0 aromatic heterocycles. The second-order valence-corrected chi connectivity index (χ2v) is 12.1. The van der Waals surface area contributed by atoms with E-state index in [0.717, 1.165) is 44.6 Å². The molecule has 1 aliphatic heterocycles. The first kappa shape index (κ1) is 30.4. The molecule has 1 spiro atoms. The molecular formula is C32H35Cl2F2N5O. The van der Waals surface area contributed by atoms with E-state index in [1.807, 2.05) is 0 Å². The van der Waals surface area contributed by atoms with E-state index in [0.29, 0.717) is 5.69 Å². The molecule has 222 valence electrons. The summed E-state index contributed by atoms with van der Waals surface area (Å²) in [6.07, 6.45) is 8.39. The van der Waals surface area contributed by atoms with E-state index in [1.165, 1.54) is 48.2 Å². The number of amides is 1. The average molecular weight is 615 g/mol. The lowest BCUT2D eigenvalue weighted by Crippen LogP contribution is -2.54. The molecule has 2 unspecified atom stereocenters. The quantitative estimate of drug-likeness (QED) is 0.177. The van der Waals surface area contributed by atoms with Gasteiger partial charge >= 0.3 is 0 Å². The van der Waals surface area contributed by atoms with Gasteiger partial charge in [0.05, 0.1) is 17.2 Å². The van der Waals surface area contributed by atoms with Crippen LogP contribution < -0.4 is 21.5 Å². The third kappa shape index (κ3) is 7.11. The SMILES string of the molecule is Cc1ccc(C2NNC(N/C(=N\C(=O)c3ccc(Cl)c(F)c3)Nc3cc(F)cc(Cl)c3)C23CCCCCCCC3)cc1. The highest BCUT2D eigenvalue weighted by Crippen LogP contribution is 2.48. The first-order valence-electron chi connectivity index (χ1n) is 14.4. The second-order valence-electron chi connectivity index (χ2n) is 11.2. The first-order valence-corrected chi connectivity index (χ1v) is 15.1. The fraction of sp³-hybridized carbons (Fsp3) is 0.375. The molecule has 5 rings (SSSR count). The minimum Gasteiger partial charge on any atom is -0.339 e. The summed E-state index contributed by atoms with van der Waals surface area (Å²) in [6, 6.07) is 16.3. The van der Waals surface area contributed by atoms with Crippen molar-refractivity contribution in [3.63, 3.8) is 0 Å². The number of rotatable bonds is 4. The third-order valence-electron chi connectivity index (χ3n) is 8.25. The predicted molar refractivity (Wildman–Crippen MR) is 165 cm³/mol. The molecule has 0 bridgehead atoms. The number of hydrogen-bond donors (Lipinski definition) is 4. The number of hydrogen-bond acceptors (Lipinski definition) is 3. The molecule has 10 heteroatoms. The minimum atomic E-state index is -0.718. The van der Waals surface area contributed by atoms with Crippen LogP contribution in [0.15, 0.2) is 65.7 Å². The van der Waals surface area contributed by atoms with E-state index < -0.39 is 17.5 Å². The molecule has 1 saturated carbocycles. The summed E-state index contributed by atoms with van der Waals surface area (Å²) in [5.41, 5.74) is 9.41. The summed E-state index contributed by atoms with van der Waals surface area (Å²) in [7, 11) is 0. The molecule has 2 atom stereocenters. The van der Waals surface area contributed by atoms with E-state index in [9.17, 15) is 13.6 Å². The standard InChI is InChI=1S/C32H35Cl2F2N5O/c1-20-8-10-21(11-9-20)28-32(14-6-4-2-3-5-7-15-32)30(41-40-28)39-31(37-25-18-23(33)17-24(35)19-25)38-29(42)22-12-13-26(34)27(36)16-22/h8-13,16-19,28,30,40-41H,2-7,14-15H2,1H3,(H2,37,38,39,42). The topological polar surface area (TPSA) is 77.5 Å². The van der Waals surface area contributed by atoms with Gasteiger partial charge in [-0.2, -0.15) is 4.99 Å². The number of nitrogens with zero attached hydrogens (tertiary/aromatic N) is 1. The van der Waals surface area contributed by atoms with Gasteiger partial charge in [-0.15, -0.1) is 0 Å². The number of carbonyl (C=O) groups is 1. The Morgan fingerprint density at radius 3 is 2.26 bits per heavy atom. The Labute approximate surface area is 255 Å². The van der Waals surface area contributed by atoms with Crippen LogP contribution in [0.5, 0.6) is 0 Å². The van der Waals surface area contributed by atoms with Crippen LogP contribution in [-0.4, -0.2) is 18.0 Å². The second kappa shape index (κ2) is 13.5. The molecule has 1 amide bonds. The number of hydrazine groups is 1. The summed E-state index contributed by atoms with van der Waals surface area (Å²) in [5.74, 6) is -1.86. The Balaban J connectivity index is 1.52. The first-order chi connectivity index (χ1) is 20.2. The van der Waals surface area contributed by atoms with E-state index in [-0.39, 0.29) is 39.2 Å². The molecule has 2 aliphatic rings. The van der Waals surface area contributed by atoms with Gasteiger partial charge in [0.2, 0.25) is 5.96 Å². The maximum Gasteiger partial charge on any atom is 0.280 e. The fourth-order valence-corrected chi connectivity index (χ4v) is 6.42. The number of guanidine groups is 1. The van der Waals surface area contributed by atoms with Crippen molar-refractivity contribution in [1.29, 1.82) is 0 Å². The Morgan fingerprint density at radius 2 is 1.60 bits per heavy atom. The monoisotopic (exact) mass is 613 g/mol. The lowest BCUT2D eigenvalue weighted by Gasteiger charge is -2.40. The van der Waals surface area contributed by atoms with Gasteiger partial charge in [-0.25, -0.2) is 19.6 Å². The van der Waals surface area contributed by atoms with Gasteiger partial charge in [0, 0.05) is 21.7 Å². The lowest BCUT2D eigenvalue weighted by atomic mass is 9.69. The number of nitrogens with one attached hydrogen (secondary N) is 4. The molecule has 42 heavy (non-hydrogen) atoms. The van der Waals surface area contributed by atoms with Crippen LogP contribution in [0.2, 0.25) is 10.0 Å². The normalized spacial score (nSPS) is 20.9. The van der Waals surface area contributed by atoms with Gasteiger partial charge in [0.15, 0.2) is 0 Å². The minimum absolute atomic E-state index is 0.000346. The Hall–Kier alpha value is -3.04. The van der Waals surface area contributed by atoms with Crippen LogP contribution in [-0.2, 0) is 0 Å². The van der Waals surface area contributed by atoms with E-state index >= 15 is 0 Å². The smallest absolute Gasteiger partial charge is 0.280 e. The number of carbonyl (C=O) groups excluding carboxylic acids is 1. The highest BCUT2D eigenvalue weighted by Gasteiger charge is 2.50. The Bertz CT molecular complexity index is 1420. The molecule has 1 heterocycles. The van der Waals surface area contributed by atoms with E-state index in [4.69, 9.17) is 23.2 Å². The molecule has 1 aliphatic carbocycles. The summed E-state index contributed by atoms with van der Waals surface area (Å²) in [6.45, 7) is 2.07. The maximum absolute atomic E-state index is 14.2. The average Bonchev–Trinajstić information content (AvgIpc) is 3.34. The number of aryl methyl sites for hydroxylation is 1. The number of benzene rings is 3. The summed E-state index contributed by atoms with van der Waals surface area (Å²) in [4.78, 5) is 17.5. The predicted octanol–water partition coefficient (Wildman–Crippen LogP) is 8.07. The van der Waals surface area contributed by atoms with Gasteiger partial charge < -0.3 is 10.6 Å². The van der Waals surface area contributed by atoms with Crippen molar-refractivity contribution in [2.45, 2.75) is 70.5 Å². The molecule has 0 radical (unpaired) electrons. The van der Waals surface area contributed by atoms with Crippen LogP contribution in [0.3, 0.4) is 0 Å². The largest absolute Gasteiger partial charge is 0.339 e. The van der Waals surface area contributed by atoms with Crippen LogP contribution >= 0.6 is 23.2 Å². The van der Waals surface area contributed by atoms with E-state index in [1.54, 1.807) is 6.07 Å². The van der Waals surface area contributed by atoms with Crippen LogP contribution in [0.25, 0.3) is 0 Å². The molecule has 1 saturated heterocycles. The fourth-order valence-electron chi connectivity index (χ4n) is 6.08. The van der Waals surface area contributed by atoms with Gasteiger partial charge in [-0.1, -0.05) is 91.6 Å². The Morgan fingerprint density at radius 1 is 0.905 bits per heavy atom. The zero-order valence-corrected chi connectivity index (χ0v) is 25.0. The highest BCUT2D eigenvalue weighted by molar-refractivity contribution is 6.31. The maximum atomic E-state index is 14.2. The summed E-state index contributed by atoms with van der Waals surface area (Å²) in [5, 5.41) is 6.57. The molecule has 3 aromatic rings. The zero-order valence-electron chi connectivity index (χ0n) is 23.5. The lowest BCUT2D eigenvalue weighted by molar-refractivity contribution is 0.100. The molecule has 3 aromatic carbocycles. The van der Waals surface area contributed by atoms with Crippen molar-refractivity contribution < 1.29 is 13.6 Å². The molecule has 4 N–H and O–H groups in total. The van der Waals surface area contributed by atoms with Crippen LogP contribution in [0.1, 0.15) is 78.9 Å². The van der Waals surface area contributed by atoms with Crippen molar-refractivity contribution >= 4 is 40.8 Å². The van der Waals surface area contributed by atoms with Crippen molar-refractivity contribution in [2.75, 3.05) is 5.32 Å². The van der Waals surface area contributed by atoms with Crippen LogP contribution in [0, 0.1) is 24.0 Å². The number of aliphatic imine (C=N–C) groups is 1. The molecule has 6 nitrogen and oxygen atoms in total. The Kier molecular flexibility index (Phi) is 9.78. The van der Waals surface area contributed by atoms with Gasteiger partial charge in [-0.3, -0.25) is 4.79 Å². The van der Waals surface area contributed by atoms with Gasteiger partial charge in [-0.05, 0) is 61.7 Å². The van der Waals surface area contributed by atoms with Crippen molar-refractivity contribution in [3.05, 3.63) is 99.0 Å². The number of anilines is 1. The van der Waals surface area contributed by atoms with Crippen molar-refractivity contribution in [2.24, 2.45) is 10.4 Å². The third-order valence-corrected chi connectivity index (χ3v) is 8.78. The van der Waals surface area contributed by atoms with Crippen molar-refractivity contribution in [1.82, 2.24) is 16.2 Å². The molecular weight excluding hydrogens is 579 g/mol. The summed E-state index contributed by atoms with van der Waals surface area (Å²) >= 11 is 11.9. The van der Waals surface area contributed by atoms with Gasteiger partial charge in [0.1, 0.15) is 11.6 Å². The van der Waals surface area contributed by atoms with Gasteiger partial charge in [0.25, 0.3) is 5.91 Å². The summed E-state index contributed by atoms with van der Waals surface area (Å²) < 4.78 is 28.4. The number of halogens is 4. The van der Waals surface area contributed by atoms with E-state index in [2.05, 4.69) is 57.7 Å².